The molecular weight excluding hydrogens is 146 g/mol. The minimum Gasteiger partial charge on any atom is -0.310 e. The highest BCUT2D eigenvalue weighted by Crippen LogP contribution is 1.86. The standard InChI is InChI=1S/C8H12ClN/c1-3-5-8(2)10-7-4-6-9/h1,4,6,8,10H,5,7H2,2H3/b6-4+. The number of rotatable bonds is 4. The van der Waals surface area contributed by atoms with Gasteiger partial charge in [-0.1, -0.05) is 17.7 Å². The molecule has 0 aliphatic heterocycles. The molecule has 10 heavy (non-hydrogen) atoms. The SMILES string of the molecule is C#CCC(C)NC/C=C/Cl. The van der Waals surface area contributed by atoms with E-state index in [2.05, 4.69) is 11.2 Å². The minimum absolute atomic E-state index is 0.373. The Morgan fingerprint density at radius 3 is 3.00 bits per heavy atom. The van der Waals surface area contributed by atoms with Gasteiger partial charge in [0.05, 0.1) is 0 Å². The van der Waals surface area contributed by atoms with Crippen molar-refractivity contribution in [1.82, 2.24) is 5.32 Å². The Balaban J connectivity index is 3.23. The summed E-state index contributed by atoms with van der Waals surface area (Å²) in [6.45, 7) is 2.83. The van der Waals surface area contributed by atoms with Gasteiger partial charge in [0.1, 0.15) is 0 Å². The topological polar surface area (TPSA) is 12.0 Å². The number of terminal acetylenes is 1. The van der Waals surface area contributed by atoms with Gasteiger partial charge in [0.25, 0.3) is 0 Å². The van der Waals surface area contributed by atoms with E-state index in [1.54, 1.807) is 0 Å². The third-order valence-corrected chi connectivity index (χ3v) is 1.28. The Morgan fingerprint density at radius 1 is 1.80 bits per heavy atom. The molecule has 56 valence electrons. The van der Waals surface area contributed by atoms with E-state index in [1.807, 2.05) is 13.0 Å². The average Bonchev–Trinajstić information content (AvgIpc) is 1.89. The molecule has 0 radical (unpaired) electrons. The van der Waals surface area contributed by atoms with Gasteiger partial charge in [-0.15, -0.1) is 12.3 Å². The van der Waals surface area contributed by atoms with Crippen LogP contribution < -0.4 is 5.32 Å². The van der Waals surface area contributed by atoms with E-state index < -0.39 is 0 Å². The van der Waals surface area contributed by atoms with E-state index in [0.29, 0.717) is 6.04 Å². The second kappa shape index (κ2) is 6.67. The normalized spacial score (nSPS) is 13.3. The third kappa shape index (κ3) is 5.68. The number of hydrogen-bond donors (Lipinski definition) is 1. The van der Waals surface area contributed by atoms with E-state index in [-0.39, 0.29) is 0 Å². The highest BCUT2D eigenvalue weighted by molar-refractivity contribution is 6.25. The molecule has 0 aromatic carbocycles. The molecule has 0 bridgehead atoms. The van der Waals surface area contributed by atoms with Gasteiger partial charge >= 0.3 is 0 Å². The Kier molecular flexibility index (Phi) is 6.37. The lowest BCUT2D eigenvalue weighted by Gasteiger charge is -2.06. The summed E-state index contributed by atoms with van der Waals surface area (Å²) in [6.07, 6.45) is 7.70. The van der Waals surface area contributed by atoms with Crippen LogP contribution in [0.5, 0.6) is 0 Å². The maximum Gasteiger partial charge on any atom is 0.0238 e. The summed E-state index contributed by atoms with van der Waals surface area (Å²) in [7, 11) is 0. The van der Waals surface area contributed by atoms with Crippen molar-refractivity contribution in [3.63, 3.8) is 0 Å². The van der Waals surface area contributed by atoms with Crippen LogP contribution in [0.1, 0.15) is 13.3 Å². The molecule has 0 saturated heterocycles. The van der Waals surface area contributed by atoms with Crippen LogP contribution >= 0.6 is 11.6 Å². The fourth-order valence-electron chi connectivity index (χ4n) is 0.563. The molecule has 1 atom stereocenters. The first-order valence-electron chi connectivity index (χ1n) is 3.23. The van der Waals surface area contributed by atoms with Crippen molar-refractivity contribution in [2.75, 3.05) is 6.54 Å². The Labute approximate surface area is 67.5 Å². The van der Waals surface area contributed by atoms with Crippen molar-refractivity contribution in [3.05, 3.63) is 11.6 Å². The second-order valence-corrected chi connectivity index (χ2v) is 2.33. The van der Waals surface area contributed by atoms with Crippen molar-refractivity contribution in [1.29, 1.82) is 0 Å². The highest BCUT2D eigenvalue weighted by Gasteiger charge is 1.93. The zero-order valence-corrected chi connectivity index (χ0v) is 6.86. The summed E-state index contributed by atoms with van der Waals surface area (Å²) in [6, 6.07) is 0.373. The average molecular weight is 158 g/mol. The predicted molar refractivity (Wildman–Crippen MR) is 45.9 cm³/mol. The maximum absolute atomic E-state index is 5.30. The van der Waals surface area contributed by atoms with Gasteiger partial charge in [-0.05, 0) is 6.92 Å². The zero-order chi connectivity index (χ0) is 7.82. The van der Waals surface area contributed by atoms with E-state index in [9.17, 15) is 0 Å². The summed E-state index contributed by atoms with van der Waals surface area (Å²) in [4.78, 5) is 0. The molecule has 0 amide bonds. The molecular formula is C8H12ClN. The molecule has 0 aromatic heterocycles. The van der Waals surface area contributed by atoms with Gasteiger partial charge in [0.15, 0.2) is 0 Å². The molecule has 2 heteroatoms. The number of nitrogens with one attached hydrogen (secondary N) is 1. The summed E-state index contributed by atoms with van der Waals surface area (Å²) < 4.78 is 0. The first-order valence-corrected chi connectivity index (χ1v) is 3.67. The third-order valence-electron chi connectivity index (χ3n) is 1.10. The number of hydrogen-bond acceptors (Lipinski definition) is 1. The van der Waals surface area contributed by atoms with Crippen LogP contribution in [0.2, 0.25) is 0 Å². The maximum atomic E-state index is 5.30. The van der Waals surface area contributed by atoms with Crippen LogP contribution in [0.15, 0.2) is 11.6 Å². The molecule has 1 nitrogen and oxygen atoms in total. The molecule has 1 unspecified atom stereocenters. The molecule has 0 aliphatic carbocycles. The Hall–Kier alpha value is -0.450. The molecule has 0 fully saturated rings. The van der Waals surface area contributed by atoms with Crippen molar-refractivity contribution in [2.45, 2.75) is 19.4 Å². The van der Waals surface area contributed by atoms with Crippen LogP contribution in [0.3, 0.4) is 0 Å². The van der Waals surface area contributed by atoms with E-state index in [4.69, 9.17) is 18.0 Å². The lowest BCUT2D eigenvalue weighted by molar-refractivity contribution is 0.598. The summed E-state index contributed by atoms with van der Waals surface area (Å²) in [5.41, 5.74) is 1.50. The van der Waals surface area contributed by atoms with Gasteiger partial charge in [-0.3, -0.25) is 0 Å². The smallest absolute Gasteiger partial charge is 0.0238 e. The van der Waals surface area contributed by atoms with Gasteiger partial charge in [0, 0.05) is 24.5 Å². The first-order chi connectivity index (χ1) is 4.81. The Bertz CT molecular complexity index is 135. The molecule has 0 aliphatic rings. The predicted octanol–water partition coefficient (Wildman–Crippen LogP) is 1.74. The monoisotopic (exact) mass is 157 g/mol. The number of halogens is 1. The van der Waals surface area contributed by atoms with Crippen LogP contribution in [-0.2, 0) is 0 Å². The van der Waals surface area contributed by atoms with Crippen molar-refractivity contribution < 1.29 is 0 Å². The zero-order valence-electron chi connectivity index (χ0n) is 6.10. The van der Waals surface area contributed by atoms with Crippen molar-refractivity contribution >= 4 is 11.6 Å². The fourth-order valence-corrected chi connectivity index (χ4v) is 0.652. The fraction of sp³-hybridized carbons (Fsp3) is 0.500. The largest absolute Gasteiger partial charge is 0.310 e. The van der Waals surface area contributed by atoms with Gasteiger partial charge in [-0.2, -0.15) is 0 Å². The van der Waals surface area contributed by atoms with E-state index in [0.717, 1.165) is 13.0 Å². The second-order valence-electron chi connectivity index (χ2n) is 2.08. The van der Waals surface area contributed by atoms with Crippen LogP contribution in [-0.4, -0.2) is 12.6 Å². The summed E-state index contributed by atoms with van der Waals surface area (Å²) >= 11 is 5.30. The van der Waals surface area contributed by atoms with Gasteiger partial charge < -0.3 is 5.32 Å². The molecule has 0 spiro atoms. The molecule has 0 aromatic rings. The Morgan fingerprint density at radius 2 is 2.50 bits per heavy atom. The van der Waals surface area contributed by atoms with Gasteiger partial charge in [0.2, 0.25) is 0 Å². The van der Waals surface area contributed by atoms with E-state index in [1.165, 1.54) is 5.54 Å². The van der Waals surface area contributed by atoms with Crippen molar-refractivity contribution in [3.8, 4) is 12.3 Å². The van der Waals surface area contributed by atoms with E-state index >= 15 is 0 Å². The van der Waals surface area contributed by atoms with Crippen LogP contribution in [0, 0.1) is 12.3 Å². The highest BCUT2D eigenvalue weighted by atomic mass is 35.5. The molecule has 0 rings (SSSR count). The molecule has 0 saturated carbocycles. The van der Waals surface area contributed by atoms with Crippen LogP contribution in [0.4, 0.5) is 0 Å². The first kappa shape index (κ1) is 9.55. The summed E-state index contributed by atoms with van der Waals surface area (Å²) in [5, 5.41) is 3.17. The quantitative estimate of drug-likeness (QED) is 0.613. The van der Waals surface area contributed by atoms with Crippen molar-refractivity contribution in [2.24, 2.45) is 0 Å². The molecule has 1 N–H and O–H groups in total. The lowest BCUT2D eigenvalue weighted by Crippen LogP contribution is -2.25. The lowest BCUT2D eigenvalue weighted by atomic mass is 10.2. The van der Waals surface area contributed by atoms with Crippen LogP contribution in [0.25, 0.3) is 0 Å². The summed E-state index contributed by atoms with van der Waals surface area (Å²) in [5.74, 6) is 2.57. The molecule has 0 heterocycles. The minimum atomic E-state index is 0.373. The van der Waals surface area contributed by atoms with Gasteiger partial charge in [-0.25, -0.2) is 0 Å².